The van der Waals surface area contributed by atoms with Crippen LogP contribution in [0.25, 0.3) is 0 Å². The van der Waals surface area contributed by atoms with Crippen LogP contribution in [0.5, 0.6) is 0 Å². The van der Waals surface area contributed by atoms with Gasteiger partial charge in [0.05, 0.1) is 23.2 Å². The van der Waals surface area contributed by atoms with Gasteiger partial charge in [0, 0.05) is 36.9 Å². The topological polar surface area (TPSA) is 71.5 Å². The Kier molecular flexibility index (Phi) is 6.81. The lowest BCUT2D eigenvalue weighted by molar-refractivity contribution is -0.149. The summed E-state index contributed by atoms with van der Waals surface area (Å²) in [5, 5.41) is 6.10. The maximum Gasteiger partial charge on any atom is 0.317 e. The van der Waals surface area contributed by atoms with Gasteiger partial charge in [0.2, 0.25) is 0 Å². The summed E-state index contributed by atoms with van der Waals surface area (Å²) in [4.78, 5) is 30.4. The fraction of sp³-hybridized carbons (Fsp3) is 0.722. The molecule has 1 saturated heterocycles. The number of nitrogens with one attached hydrogen (secondary N) is 1. The van der Waals surface area contributed by atoms with E-state index >= 15 is 0 Å². The van der Waals surface area contributed by atoms with Crippen molar-refractivity contribution in [3.05, 3.63) is 16.1 Å². The lowest BCUT2D eigenvalue weighted by Crippen LogP contribution is -2.46. The van der Waals surface area contributed by atoms with Gasteiger partial charge in [-0.3, -0.25) is 4.79 Å². The van der Waals surface area contributed by atoms with Gasteiger partial charge in [-0.2, -0.15) is 0 Å². The third-order valence-electron chi connectivity index (χ3n) is 4.34. The van der Waals surface area contributed by atoms with Gasteiger partial charge in [-0.1, -0.05) is 20.8 Å². The lowest BCUT2D eigenvalue weighted by atomic mass is 9.93. The Hall–Kier alpha value is -1.63. The summed E-state index contributed by atoms with van der Waals surface area (Å²) >= 11 is 1.64. The molecule has 1 N–H and O–H groups in total. The number of hydrogen-bond donors (Lipinski definition) is 1. The number of thiazole rings is 1. The van der Waals surface area contributed by atoms with E-state index in [4.69, 9.17) is 4.74 Å². The Balaban J connectivity index is 1.71. The third kappa shape index (κ3) is 5.70. The first-order valence-corrected chi connectivity index (χ1v) is 9.83. The number of likely N-dealkylation sites (tertiary alicyclic amines) is 1. The van der Waals surface area contributed by atoms with Gasteiger partial charge < -0.3 is 15.0 Å². The van der Waals surface area contributed by atoms with E-state index in [1.165, 1.54) is 0 Å². The average Bonchev–Trinajstić information content (AvgIpc) is 3.04. The maximum absolute atomic E-state index is 12.2. The van der Waals surface area contributed by atoms with Crippen LogP contribution in [0.4, 0.5) is 4.79 Å². The molecule has 2 heterocycles. The average molecular weight is 368 g/mol. The Labute approximate surface area is 154 Å². The van der Waals surface area contributed by atoms with E-state index < -0.39 is 0 Å². The molecule has 140 valence electrons. The van der Waals surface area contributed by atoms with Crippen LogP contribution in [0.15, 0.2) is 5.38 Å². The highest BCUT2D eigenvalue weighted by molar-refractivity contribution is 7.09. The normalized spacial score (nSPS) is 15.9. The summed E-state index contributed by atoms with van der Waals surface area (Å²) in [5.41, 5.74) is 1.15. The Morgan fingerprint density at radius 2 is 2.04 bits per heavy atom. The van der Waals surface area contributed by atoms with Crippen molar-refractivity contribution in [2.45, 2.75) is 52.4 Å². The van der Waals surface area contributed by atoms with Crippen molar-refractivity contribution in [1.29, 1.82) is 0 Å². The molecule has 0 aromatic carbocycles. The molecule has 0 atom stereocenters. The number of carbonyl (C=O) groups excluding carboxylic acids is 2. The van der Waals surface area contributed by atoms with E-state index in [0.29, 0.717) is 39.1 Å². The molecule has 0 bridgehead atoms. The second-order valence-electron chi connectivity index (χ2n) is 7.37. The van der Waals surface area contributed by atoms with Gasteiger partial charge in [-0.25, -0.2) is 9.78 Å². The minimum absolute atomic E-state index is 0.0568. The Bertz CT molecular complexity index is 587. The fourth-order valence-corrected chi connectivity index (χ4v) is 3.76. The molecule has 7 heteroatoms. The quantitative estimate of drug-likeness (QED) is 0.812. The second kappa shape index (κ2) is 8.65. The number of carbonyl (C=O) groups is 2. The largest absolute Gasteiger partial charge is 0.466 e. The van der Waals surface area contributed by atoms with E-state index in [0.717, 1.165) is 17.1 Å². The molecule has 2 amide bonds. The predicted octanol–water partition coefficient (Wildman–Crippen LogP) is 2.97. The molecular weight excluding hydrogens is 338 g/mol. The van der Waals surface area contributed by atoms with Gasteiger partial charge in [0.25, 0.3) is 0 Å². The molecule has 0 radical (unpaired) electrons. The van der Waals surface area contributed by atoms with Crippen LogP contribution in [-0.4, -0.2) is 48.1 Å². The summed E-state index contributed by atoms with van der Waals surface area (Å²) in [6.45, 7) is 10.4. The third-order valence-corrected chi connectivity index (χ3v) is 5.25. The number of esters is 1. The smallest absolute Gasteiger partial charge is 0.317 e. The van der Waals surface area contributed by atoms with Gasteiger partial charge in [-0.05, 0) is 19.8 Å². The maximum atomic E-state index is 12.2. The van der Waals surface area contributed by atoms with Gasteiger partial charge >= 0.3 is 12.0 Å². The van der Waals surface area contributed by atoms with Crippen molar-refractivity contribution in [2.75, 3.05) is 26.2 Å². The first-order chi connectivity index (χ1) is 11.8. The van der Waals surface area contributed by atoms with Crippen LogP contribution < -0.4 is 5.32 Å². The number of hydrogen-bond acceptors (Lipinski definition) is 5. The summed E-state index contributed by atoms with van der Waals surface area (Å²) in [7, 11) is 0. The minimum atomic E-state index is -0.138. The summed E-state index contributed by atoms with van der Waals surface area (Å²) < 4.78 is 5.05. The van der Waals surface area contributed by atoms with E-state index in [1.54, 1.807) is 16.2 Å². The summed E-state index contributed by atoms with van der Waals surface area (Å²) in [6, 6.07) is -0.0603. The first-order valence-electron chi connectivity index (χ1n) is 8.95. The van der Waals surface area contributed by atoms with Crippen LogP contribution in [-0.2, 0) is 21.4 Å². The van der Waals surface area contributed by atoms with Crippen LogP contribution in [0, 0.1) is 5.92 Å². The SMILES string of the molecule is CCOC(=O)C1CCN(C(=O)NCCc2nc(C(C)(C)C)cs2)CC1. The number of ether oxygens (including phenoxy) is 1. The van der Waals surface area contributed by atoms with Gasteiger partial charge in [-0.15, -0.1) is 11.3 Å². The molecule has 2 rings (SSSR count). The fourth-order valence-electron chi connectivity index (χ4n) is 2.74. The molecule has 25 heavy (non-hydrogen) atoms. The Morgan fingerprint density at radius 3 is 2.60 bits per heavy atom. The van der Waals surface area contributed by atoms with E-state index in [2.05, 4.69) is 36.5 Å². The van der Waals surface area contributed by atoms with Crippen LogP contribution in [0.3, 0.4) is 0 Å². The molecular formula is C18H29N3O3S. The van der Waals surface area contributed by atoms with Crippen LogP contribution >= 0.6 is 11.3 Å². The van der Waals surface area contributed by atoms with E-state index in [-0.39, 0.29) is 23.3 Å². The van der Waals surface area contributed by atoms with Crippen LogP contribution in [0.2, 0.25) is 0 Å². The van der Waals surface area contributed by atoms with Crippen molar-refractivity contribution < 1.29 is 14.3 Å². The molecule has 6 nitrogen and oxygen atoms in total. The van der Waals surface area contributed by atoms with Crippen molar-refractivity contribution in [2.24, 2.45) is 5.92 Å². The molecule has 0 aliphatic carbocycles. The van der Waals surface area contributed by atoms with E-state index in [9.17, 15) is 9.59 Å². The number of rotatable bonds is 5. The van der Waals surface area contributed by atoms with Crippen molar-refractivity contribution in [1.82, 2.24) is 15.2 Å². The zero-order valence-electron chi connectivity index (χ0n) is 15.6. The monoisotopic (exact) mass is 367 g/mol. The van der Waals surface area contributed by atoms with Crippen molar-refractivity contribution >= 4 is 23.3 Å². The molecule has 0 saturated carbocycles. The van der Waals surface area contributed by atoms with Crippen LogP contribution in [0.1, 0.15) is 51.2 Å². The highest BCUT2D eigenvalue weighted by Crippen LogP contribution is 2.24. The molecule has 1 aromatic rings. The van der Waals surface area contributed by atoms with Gasteiger partial charge in [0.1, 0.15) is 0 Å². The molecule has 1 fully saturated rings. The number of piperidine rings is 1. The first kappa shape index (κ1) is 19.7. The summed E-state index contributed by atoms with van der Waals surface area (Å²) in [5.74, 6) is -0.212. The number of urea groups is 1. The standard InChI is InChI=1S/C18H29N3O3S/c1-5-24-16(22)13-7-10-21(11-8-13)17(23)19-9-6-15-20-14(12-25-15)18(2,3)4/h12-13H,5-11H2,1-4H3,(H,19,23). The Morgan fingerprint density at radius 1 is 1.36 bits per heavy atom. The zero-order chi connectivity index (χ0) is 18.4. The molecule has 1 aliphatic heterocycles. The van der Waals surface area contributed by atoms with E-state index in [1.807, 2.05) is 6.92 Å². The zero-order valence-corrected chi connectivity index (χ0v) is 16.4. The molecule has 0 unspecified atom stereocenters. The highest BCUT2D eigenvalue weighted by Gasteiger charge is 2.28. The second-order valence-corrected chi connectivity index (χ2v) is 8.31. The number of nitrogens with zero attached hydrogens (tertiary/aromatic N) is 2. The minimum Gasteiger partial charge on any atom is -0.466 e. The molecule has 0 spiro atoms. The molecule has 1 aromatic heterocycles. The van der Waals surface area contributed by atoms with Gasteiger partial charge in [0.15, 0.2) is 0 Å². The molecule has 1 aliphatic rings. The van der Waals surface area contributed by atoms with Crippen molar-refractivity contribution in [3.63, 3.8) is 0 Å². The van der Waals surface area contributed by atoms with Crippen molar-refractivity contribution in [3.8, 4) is 0 Å². The predicted molar refractivity (Wildman–Crippen MR) is 98.8 cm³/mol. The highest BCUT2D eigenvalue weighted by atomic mass is 32.1. The number of amides is 2. The lowest BCUT2D eigenvalue weighted by Gasteiger charge is -2.30. The number of aromatic nitrogens is 1. The summed E-state index contributed by atoms with van der Waals surface area (Å²) in [6.07, 6.45) is 2.09.